The van der Waals surface area contributed by atoms with Gasteiger partial charge < -0.3 is 5.73 Å². The minimum atomic E-state index is -0.601. The molecule has 1 aliphatic rings. The molecular formula is C18H21FN4O. The van der Waals surface area contributed by atoms with Crippen molar-refractivity contribution in [1.29, 1.82) is 0 Å². The number of carbonyl (C=O) groups is 1. The monoisotopic (exact) mass is 328 g/mol. The summed E-state index contributed by atoms with van der Waals surface area (Å²) in [5.74, 6) is -0.539. The number of nitrogens with zero attached hydrogens (tertiary/aromatic N) is 3. The predicted octanol–water partition coefficient (Wildman–Crippen LogP) is 2.07. The second-order valence-electron chi connectivity index (χ2n) is 6.24. The number of nitrogens with two attached hydrogens (primary N) is 1. The summed E-state index contributed by atoms with van der Waals surface area (Å²) in [6.07, 6.45) is 8.11. The van der Waals surface area contributed by atoms with Gasteiger partial charge in [-0.25, -0.2) is 4.39 Å². The molecule has 0 radical (unpaired) electrons. The quantitative estimate of drug-likeness (QED) is 0.844. The highest BCUT2D eigenvalue weighted by Gasteiger charge is 2.48. The van der Waals surface area contributed by atoms with Gasteiger partial charge in [0.1, 0.15) is 11.4 Å². The SMILES string of the molecule is NC(=O)C1(CCCc2cnccn2)CCN1Cc1ccc(F)cc1. The molecular weight excluding hydrogens is 307 g/mol. The Bertz CT molecular complexity index is 692. The summed E-state index contributed by atoms with van der Waals surface area (Å²) in [6.45, 7) is 1.43. The Hall–Kier alpha value is -2.34. The van der Waals surface area contributed by atoms with Gasteiger partial charge in [-0.15, -0.1) is 0 Å². The van der Waals surface area contributed by atoms with Crippen LogP contribution in [0.1, 0.15) is 30.5 Å². The molecule has 0 aliphatic carbocycles. The maximum Gasteiger partial charge on any atom is 0.238 e. The third-order valence-corrected chi connectivity index (χ3v) is 4.79. The first-order valence-corrected chi connectivity index (χ1v) is 8.14. The van der Waals surface area contributed by atoms with Crippen molar-refractivity contribution in [3.05, 3.63) is 59.9 Å². The van der Waals surface area contributed by atoms with Crippen LogP contribution in [0.4, 0.5) is 4.39 Å². The maximum atomic E-state index is 13.0. The van der Waals surface area contributed by atoms with E-state index in [1.54, 1.807) is 30.7 Å². The standard InChI is InChI=1S/C18H21FN4O/c19-15-5-3-14(4-6-15)13-23-11-8-18(23,17(20)24)7-1-2-16-12-21-9-10-22-16/h3-6,9-10,12H,1-2,7-8,11,13H2,(H2,20,24). The normalized spacial score (nSPS) is 20.5. The summed E-state index contributed by atoms with van der Waals surface area (Å²) in [5, 5.41) is 0. The third kappa shape index (κ3) is 3.43. The summed E-state index contributed by atoms with van der Waals surface area (Å²) >= 11 is 0. The Morgan fingerprint density at radius 2 is 2.08 bits per heavy atom. The third-order valence-electron chi connectivity index (χ3n) is 4.79. The lowest BCUT2D eigenvalue weighted by atomic mass is 9.79. The van der Waals surface area contributed by atoms with Crippen LogP contribution < -0.4 is 5.73 Å². The minimum absolute atomic E-state index is 0.257. The van der Waals surface area contributed by atoms with Crippen LogP contribution in [0, 0.1) is 5.82 Å². The molecule has 5 nitrogen and oxygen atoms in total. The van der Waals surface area contributed by atoms with Crippen LogP contribution in [0.5, 0.6) is 0 Å². The highest BCUT2D eigenvalue weighted by Crippen LogP contribution is 2.36. The van der Waals surface area contributed by atoms with Crippen molar-refractivity contribution in [3.63, 3.8) is 0 Å². The molecule has 1 aliphatic heterocycles. The highest BCUT2D eigenvalue weighted by molar-refractivity contribution is 5.85. The van der Waals surface area contributed by atoms with Gasteiger partial charge in [0, 0.05) is 31.7 Å². The molecule has 1 atom stereocenters. The van der Waals surface area contributed by atoms with Gasteiger partial charge >= 0.3 is 0 Å². The largest absolute Gasteiger partial charge is 0.368 e. The van der Waals surface area contributed by atoms with E-state index in [4.69, 9.17) is 5.73 Å². The highest BCUT2D eigenvalue weighted by atomic mass is 19.1. The van der Waals surface area contributed by atoms with Crippen molar-refractivity contribution in [3.8, 4) is 0 Å². The Morgan fingerprint density at radius 1 is 1.29 bits per heavy atom. The fourth-order valence-corrected chi connectivity index (χ4v) is 3.29. The molecule has 1 aromatic carbocycles. The summed E-state index contributed by atoms with van der Waals surface area (Å²) in [5.41, 5.74) is 7.01. The van der Waals surface area contributed by atoms with Crippen LogP contribution in [0.3, 0.4) is 0 Å². The van der Waals surface area contributed by atoms with E-state index in [2.05, 4.69) is 14.9 Å². The first kappa shape index (κ1) is 16.5. The van der Waals surface area contributed by atoms with Gasteiger partial charge in [-0.2, -0.15) is 0 Å². The lowest BCUT2D eigenvalue weighted by Gasteiger charge is -2.51. The molecule has 1 aromatic heterocycles. The zero-order chi connectivity index (χ0) is 17.0. The van der Waals surface area contributed by atoms with Crippen LogP contribution in [0.15, 0.2) is 42.9 Å². The van der Waals surface area contributed by atoms with Gasteiger partial charge in [0.2, 0.25) is 5.91 Å². The van der Waals surface area contributed by atoms with Gasteiger partial charge in [-0.3, -0.25) is 19.7 Å². The second kappa shape index (κ2) is 7.05. The Labute approximate surface area is 140 Å². The first-order valence-electron chi connectivity index (χ1n) is 8.14. The van der Waals surface area contributed by atoms with Crippen molar-refractivity contribution in [2.24, 2.45) is 5.73 Å². The number of rotatable bonds is 7. The zero-order valence-corrected chi connectivity index (χ0v) is 13.5. The molecule has 126 valence electrons. The van der Waals surface area contributed by atoms with Crippen LogP contribution in [0.25, 0.3) is 0 Å². The number of likely N-dealkylation sites (tertiary alicyclic amines) is 1. The van der Waals surface area contributed by atoms with Gasteiger partial charge in [0.05, 0.1) is 5.69 Å². The van der Waals surface area contributed by atoms with Crippen LogP contribution in [-0.2, 0) is 17.8 Å². The van der Waals surface area contributed by atoms with Crippen molar-refractivity contribution < 1.29 is 9.18 Å². The number of carbonyl (C=O) groups excluding carboxylic acids is 1. The topological polar surface area (TPSA) is 72.1 Å². The van der Waals surface area contributed by atoms with E-state index >= 15 is 0 Å². The molecule has 0 saturated carbocycles. The molecule has 0 spiro atoms. The average molecular weight is 328 g/mol. The number of hydrogen-bond acceptors (Lipinski definition) is 4. The van der Waals surface area contributed by atoms with E-state index < -0.39 is 5.54 Å². The van der Waals surface area contributed by atoms with E-state index in [9.17, 15) is 9.18 Å². The molecule has 1 saturated heterocycles. The summed E-state index contributed by atoms with van der Waals surface area (Å²) in [6, 6.07) is 6.38. The molecule has 1 fully saturated rings. The molecule has 2 aromatic rings. The molecule has 6 heteroatoms. The molecule has 2 heterocycles. The zero-order valence-electron chi connectivity index (χ0n) is 13.5. The lowest BCUT2D eigenvalue weighted by molar-refractivity contribution is -0.141. The second-order valence-corrected chi connectivity index (χ2v) is 6.24. The molecule has 1 amide bonds. The van der Waals surface area contributed by atoms with Crippen molar-refractivity contribution >= 4 is 5.91 Å². The molecule has 1 unspecified atom stereocenters. The summed E-state index contributed by atoms with van der Waals surface area (Å²) in [4.78, 5) is 22.5. The van der Waals surface area contributed by atoms with E-state index in [1.807, 2.05) is 0 Å². The number of aryl methyl sites for hydroxylation is 1. The number of aromatic nitrogens is 2. The number of halogens is 1. The Balaban J connectivity index is 1.62. The Kier molecular flexibility index (Phi) is 4.85. The van der Waals surface area contributed by atoms with E-state index in [1.165, 1.54) is 12.1 Å². The van der Waals surface area contributed by atoms with Gasteiger partial charge in [0.25, 0.3) is 0 Å². The summed E-state index contributed by atoms with van der Waals surface area (Å²) in [7, 11) is 0. The number of benzene rings is 1. The number of hydrogen-bond donors (Lipinski definition) is 1. The van der Waals surface area contributed by atoms with E-state index in [-0.39, 0.29) is 11.7 Å². The van der Waals surface area contributed by atoms with E-state index in [0.717, 1.165) is 37.1 Å². The molecule has 0 bridgehead atoms. The van der Waals surface area contributed by atoms with Crippen molar-refractivity contribution in [2.45, 2.75) is 37.8 Å². The lowest BCUT2D eigenvalue weighted by Crippen LogP contribution is -2.66. The van der Waals surface area contributed by atoms with Gasteiger partial charge in [0.15, 0.2) is 0 Å². The fraction of sp³-hybridized carbons (Fsp3) is 0.389. The average Bonchev–Trinajstić information content (AvgIpc) is 2.57. The van der Waals surface area contributed by atoms with Crippen molar-refractivity contribution in [2.75, 3.05) is 6.54 Å². The van der Waals surface area contributed by atoms with Crippen LogP contribution >= 0.6 is 0 Å². The maximum absolute atomic E-state index is 13.0. The number of primary amides is 1. The van der Waals surface area contributed by atoms with Crippen LogP contribution in [-0.4, -0.2) is 32.9 Å². The van der Waals surface area contributed by atoms with Crippen molar-refractivity contribution in [1.82, 2.24) is 14.9 Å². The molecule has 2 N–H and O–H groups in total. The molecule has 24 heavy (non-hydrogen) atoms. The van der Waals surface area contributed by atoms with Gasteiger partial charge in [-0.05, 0) is 43.4 Å². The fourth-order valence-electron chi connectivity index (χ4n) is 3.29. The summed E-state index contributed by atoms with van der Waals surface area (Å²) < 4.78 is 13.0. The predicted molar refractivity (Wildman–Crippen MR) is 88.3 cm³/mol. The Morgan fingerprint density at radius 3 is 2.67 bits per heavy atom. The van der Waals surface area contributed by atoms with Crippen LogP contribution in [0.2, 0.25) is 0 Å². The van der Waals surface area contributed by atoms with E-state index in [0.29, 0.717) is 13.0 Å². The number of amides is 1. The first-order chi connectivity index (χ1) is 11.6. The smallest absolute Gasteiger partial charge is 0.238 e. The minimum Gasteiger partial charge on any atom is -0.368 e. The molecule has 3 rings (SSSR count). The van der Waals surface area contributed by atoms with Gasteiger partial charge in [-0.1, -0.05) is 12.1 Å².